The Hall–Kier alpha value is -2.70. The van der Waals surface area contributed by atoms with E-state index >= 15 is 0 Å². The molecule has 2 aromatic rings. The van der Waals surface area contributed by atoms with Crippen LogP contribution >= 0.6 is 0 Å². The summed E-state index contributed by atoms with van der Waals surface area (Å²) in [7, 11) is 1.81. The fourth-order valence-electron chi connectivity index (χ4n) is 4.27. The first-order valence-corrected chi connectivity index (χ1v) is 11.4. The summed E-state index contributed by atoms with van der Waals surface area (Å²) in [6.07, 6.45) is 7.65. The molecule has 0 unspecified atom stereocenters. The molecule has 1 aliphatic rings. The molecular weight excluding hydrogens is 392 g/mol. The fourth-order valence-corrected chi connectivity index (χ4v) is 4.27. The molecule has 0 bridgehead atoms. The van der Waals surface area contributed by atoms with E-state index in [-0.39, 0.29) is 11.8 Å². The highest BCUT2D eigenvalue weighted by Gasteiger charge is 2.38. The standard InChI is InChI=1S/C24H34N4O3/c1-4-19-9-11-20(12-10-19)17-28(3)22(30)14-13-21-25-23(27-31-21)24(26-18(2)29)15-7-5-6-8-16-24/h9-12H,4-8,13-17H2,1-3H3,(H,26,29). The summed E-state index contributed by atoms with van der Waals surface area (Å²) in [5, 5.41) is 7.27. The van der Waals surface area contributed by atoms with Crippen molar-refractivity contribution in [1.82, 2.24) is 20.4 Å². The van der Waals surface area contributed by atoms with Gasteiger partial charge in [-0.25, -0.2) is 0 Å². The molecule has 1 N–H and O–H groups in total. The third-order valence-electron chi connectivity index (χ3n) is 6.10. The van der Waals surface area contributed by atoms with Gasteiger partial charge in [-0.2, -0.15) is 4.98 Å². The summed E-state index contributed by atoms with van der Waals surface area (Å²) in [6.45, 7) is 4.23. The van der Waals surface area contributed by atoms with E-state index in [0.29, 0.717) is 31.1 Å². The third-order valence-corrected chi connectivity index (χ3v) is 6.10. The maximum atomic E-state index is 12.6. The minimum Gasteiger partial charge on any atom is -0.343 e. The van der Waals surface area contributed by atoms with Crippen molar-refractivity contribution in [3.63, 3.8) is 0 Å². The van der Waals surface area contributed by atoms with Crippen molar-refractivity contribution in [1.29, 1.82) is 0 Å². The normalized spacial score (nSPS) is 15.8. The van der Waals surface area contributed by atoms with Gasteiger partial charge in [0.15, 0.2) is 5.82 Å². The highest BCUT2D eigenvalue weighted by atomic mass is 16.5. The van der Waals surface area contributed by atoms with Gasteiger partial charge in [-0.1, -0.05) is 62.0 Å². The average Bonchev–Trinajstić information content (AvgIpc) is 3.12. The number of carbonyl (C=O) groups is 2. The molecule has 7 nitrogen and oxygen atoms in total. The molecule has 0 saturated heterocycles. The van der Waals surface area contributed by atoms with Gasteiger partial charge in [-0.05, 0) is 30.4 Å². The zero-order chi connectivity index (χ0) is 22.3. The first-order chi connectivity index (χ1) is 14.9. The van der Waals surface area contributed by atoms with Crippen LogP contribution in [0.2, 0.25) is 0 Å². The molecule has 1 heterocycles. The summed E-state index contributed by atoms with van der Waals surface area (Å²) in [5.41, 5.74) is 1.84. The van der Waals surface area contributed by atoms with Gasteiger partial charge in [0, 0.05) is 33.4 Å². The lowest BCUT2D eigenvalue weighted by atomic mass is 9.89. The first-order valence-electron chi connectivity index (χ1n) is 11.4. The van der Waals surface area contributed by atoms with Crippen LogP contribution in [0.25, 0.3) is 0 Å². The second kappa shape index (κ2) is 10.6. The Bertz CT molecular complexity index is 867. The van der Waals surface area contributed by atoms with Crippen molar-refractivity contribution in [3.05, 3.63) is 47.1 Å². The van der Waals surface area contributed by atoms with E-state index in [1.165, 1.54) is 12.5 Å². The minimum atomic E-state index is -0.560. The summed E-state index contributed by atoms with van der Waals surface area (Å²) in [6, 6.07) is 8.35. The molecule has 0 atom stereocenters. The van der Waals surface area contributed by atoms with Gasteiger partial charge < -0.3 is 14.7 Å². The lowest BCUT2D eigenvalue weighted by molar-refractivity contribution is -0.130. The van der Waals surface area contributed by atoms with Crippen LogP contribution in [-0.4, -0.2) is 33.9 Å². The molecule has 1 aliphatic carbocycles. The molecule has 3 rings (SSSR count). The molecule has 31 heavy (non-hydrogen) atoms. The quantitative estimate of drug-likeness (QED) is 0.647. The molecule has 0 aliphatic heterocycles. The van der Waals surface area contributed by atoms with Gasteiger partial charge in [0.25, 0.3) is 0 Å². The van der Waals surface area contributed by atoms with Crippen molar-refractivity contribution in [2.45, 2.75) is 83.7 Å². The highest BCUT2D eigenvalue weighted by molar-refractivity contribution is 5.76. The zero-order valence-corrected chi connectivity index (χ0v) is 18.9. The number of benzene rings is 1. The number of nitrogens with one attached hydrogen (secondary N) is 1. The number of aryl methyl sites for hydroxylation is 2. The fraction of sp³-hybridized carbons (Fsp3) is 0.583. The minimum absolute atomic E-state index is 0.0327. The zero-order valence-electron chi connectivity index (χ0n) is 18.9. The van der Waals surface area contributed by atoms with E-state index in [2.05, 4.69) is 46.6 Å². The van der Waals surface area contributed by atoms with E-state index in [9.17, 15) is 9.59 Å². The summed E-state index contributed by atoms with van der Waals surface area (Å²) >= 11 is 0. The number of hydrogen-bond acceptors (Lipinski definition) is 5. The van der Waals surface area contributed by atoms with Gasteiger partial charge in [0.1, 0.15) is 5.54 Å². The number of rotatable bonds is 8. The van der Waals surface area contributed by atoms with Gasteiger partial charge in [0.05, 0.1) is 0 Å². The average molecular weight is 427 g/mol. The number of nitrogens with zero attached hydrogens (tertiary/aromatic N) is 3. The predicted molar refractivity (Wildman–Crippen MR) is 118 cm³/mol. The topological polar surface area (TPSA) is 88.3 Å². The number of amides is 2. The molecule has 2 amide bonds. The SMILES string of the molecule is CCc1ccc(CN(C)C(=O)CCc2nc(C3(NC(C)=O)CCCCCC3)no2)cc1. The molecule has 1 aromatic heterocycles. The molecule has 168 valence electrons. The molecule has 1 aromatic carbocycles. The molecule has 7 heteroatoms. The van der Waals surface area contributed by atoms with Crippen LogP contribution in [0.15, 0.2) is 28.8 Å². The van der Waals surface area contributed by atoms with E-state index in [4.69, 9.17) is 4.52 Å². The largest absolute Gasteiger partial charge is 0.343 e. The molecular formula is C24H34N4O3. The van der Waals surface area contributed by atoms with E-state index in [1.807, 2.05) is 7.05 Å². The van der Waals surface area contributed by atoms with E-state index in [0.717, 1.165) is 50.5 Å². The van der Waals surface area contributed by atoms with E-state index < -0.39 is 5.54 Å². The van der Waals surface area contributed by atoms with Crippen molar-refractivity contribution >= 4 is 11.8 Å². The Kier molecular flexibility index (Phi) is 7.82. The Balaban J connectivity index is 1.59. The second-order valence-electron chi connectivity index (χ2n) is 8.61. The maximum Gasteiger partial charge on any atom is 0.227 e. The van der Waals surface area contributed by atoms with Crippen LogP contribution in [0.5, 0.6) is 0 Å². The summed E-state index contributed by atoms with van der Waals surface area (Å²) in [4.78, 5) is 30.7. The second-order valence-corrected chi connectivity index (χ2v) is 8.61. The van der Waals surface area contributed by atoms with E-state index in [1.54, 1.807) is 4.90 Å². The van der Waals surface area contributed by atoms with Crippen LogP contribution in [0.4, 0.5) is 0 Å². The Labute approximate surface area is 184 Å². The van der Waals surface area contributed by atoms with Gasteiger partial charge >= 0.3 is 0 Å². The number of carbonyl (C=O) groups excluding carboxylic acids is 2. The molecule has 1 saturated carbocycles. The Morgan fingerprint density at radius 1 is 1.10 bits per heavy atom. The lowest BCUT2D eigenvalue weighted by Gasteiger charge is -2.30. The maximum absolute atomic E-state index is 12.6. The van der Waals surface area contributed by atoms with Crippen molar-refractivity contribution < 1.29 is 14.1 Å². The van der Waals surface area contributed by atoms with Gasteiger partial charge in [0.2, 0.25) is 17.7 Å². The van der Waals surface area contributed by atoms with Crippen LogP contribution in [0, 0.1) is 0 Å². The van der Waals surface area contributed by atoms with Crippen molar-refractivity contribution in [3.8, 4) is 0 Å². The third kappa shape index (κ3) is 6.15. The Morgan fingerprint density at radius 2 is 1.74 bits per heavy atom. The van der Waals surface area contributed by atoms with Crippen molar-refractivity contribution in [2.75, 3.05) is 7.05 Å². The van der Waals surface area contributed by atoms with Crippen molar-refractivity contribution in [2.24, 2.45) is 0 Å². The summed E-state index contributed by atoms with van der Waals surface area (Å²) < 4.78 is 5.46. The number of hydrogen-bond donors (Lipinski definition) is 1. The summed E-state index contributed by atoms with van der Waals surface area (Å²) in [5.74, 6) is 0.928. The molecule has 0 radical (unpaired) electrons. The lowest BCUT2D eigenvalue weighted by Crippen LogP contribution is -2.45. The number of aromatic nitrogens is 2. The predicted octanol–water partition coefficient (Wildman–Crippen LogP) is 3.91. The van der Waals surface area contributed by atoms with Crippen LogP contribution in [0.1, 0.15) is 81.6 Å². The van der Waals surface area contributed by atoms with Gasteiger partial charge in [-0.3, -0.25) is 9.59 Å². The molecule has 0 spiro atoms. The van der Waals surface area contributed by atoms with Crippen LogP contribution in [-0.2, 0) is 34.5 Å². The smallest absolute Gasteiger partial charge is 0.227 e. The van der Waals surface area contributed by atoms with Crippen LogP contribution in [0.3, 0.4) is 0 Å². The monoisotopic (exact) mass is 426 g/mol. The van der Waals surface area contributed by atoms with Crippen LogP contribution < -0.4 is 5.32 Å². The van der Waals surface area contributed by atoms with Gasteiger partial charge in [-0.15, -0.1) is 0 Å². The Morgan fingerprint density at radius 3 is 2.35 bits per heavy atom. The highest BCUT2D eigenvalue weighted by Crippen LogP contribution is 2.34. The first kappa shape index (κ1) is 23.0. The molecule has 1 fully saturated rings.